The Bertz CT molecular complexity index is 388. The van der Waals surface area contributed by atoms with E-state index in [9.17, 15) is 9.90 Å². The average molecular weight is 221 g/mol. The average Bonchev–Trinajstić information content (AvgIpc) is 3.04. The van der Waals surface area contributed by atoms with Gasteiger partial charge in [-0.3, -0.25) is 4.79 Å². The molecule has 16 heavy (non-hydrogen) atoms. The third-order valence-corrected chi connectivity index (χ3v) is 2.80. The number of carboxylic acid groups (broad SMARTS) is 1. The minimum absolute atomic E-state index is 0.0261. The summed E-state index contributed by atoms with van der Waals surface area (Å²) >= 11 is 0. The first-order valence-corrected chi connectivity index (χ1v) is 5.42. The molecule has 0 heterocycles. The fourth-order valence-electron chi connectivity index (χ4n) is 1.67. The highest BCUT2D eigenvalue weighted by Crippen LogP contribution is 2.30. The van der Waals surface area contributed by atoms with Gasteiger partial charge >= 0.3 is 5.97 Å². The summed E-state index contributed by atoms with van der Waals surface area (Å²) in [4.78, 5) is 11.1. The molecule has 1 aromatic carbocycles. The third-order valence-electron chi connectivity index (χ3n) is 2.80. The van der Waals surface area contributed by atoms with Gasteiger partial charge in [-0.25, -0.2) is 0 Å². The number of nitrogens with one attached hydrogen (secondary N) is 1. The van der Waals surface area contributed by atoms with E-state index in [4.69, 9.17) is 5.11 Å². The first kappa shape index (κ1) is 11.0. The number of aliphatic carboxylic acids is 1. The zero-order chi connectivity index (χ0) is 11.5. The van der Waals surface area contributed by atoms with Crippen LogP contribution in [0, 0.1) is 5.92 Å². The van der Waals surface area contributed by atoms with Gasteiger partial charge in [-0.1, -0.05) is 18.2 Å². The van der Waals surface area contributed by atoms with Gasteiger partial charge in [-0.2, -0.15) is 0 Å². The molecule has 0 spiro atoms. The summed E-state index contributed by atoms with van der Waals surface area (Å²) in [6.07, 6.45) is 2.33. The Hall–Kier alpha value is -1.55. The van der Waals surface area contributed by atoms with Crippen LogP contribution in [0.25, 0.3) is 0 Å². The smallest absolute Gasteiger partial charge is 0.325 e. The van der Waals surface area contributed by atoms with Crippen LogP contribution in [-0.2, 0) is 4.79 Å². The van der Waals surface area contributed by atoms with Crippen molar-refractivity contribution in [3.8, 4) is 5.75 Å². The number of phenols is 1. The molecule has 0 saturated heterocycles. The summed E-state index contributed by atoms with van der Waals surface area (Å²) in [6, 6.07) is 5.72. The van der Waals surface area contributed by atoms with Crippen LogP contribution in [-0.4, -0.2) is 22.7 Å². The highest BCUT2D eigenvalue weighted by Gasteiger charge is 2.26. The number of phenolic OH excluding ortho intramolecular Hbond substituents is 1. The quantitative estimate of drug-likeness (QED) is 0.705. The summed E-state index contributed by atoms with van der Waals surface area (Å²) in [6.45, 7) is 0.700. The standard InChI is InChI=1S/C12H15NO3/c14-10-4-2-1-3-9(10)11(12(15)16)13-7-8-5-6-8/h1-4,8,11,13-14H,5-7H2,(H,15,16). The summed E-state index contributed by atoms with van der Waals surface area (Å²) in [7, 11) is 0. The van der Waals surface area contributed by atoms with Gasteiger partial charge < -0.3 is 15.5 Å². The molecule has 3 N–H and O–H groups in total. The molecule has 0 bridgehead atoms. The van der Waals surface area contributed by atoms with Crippen LogP contribution in [0.15, 0.2) is 24.3 Å². The molecule has 0 aliphatic heterocycles. The minimum Gasteiger partial charge on any atom is -0.508 e. The van der Waals surface area contributed by atoms with E-state index in [1.54, 1.807) is 18.2 Å². The summed E-state index contributed by atoms with van der Waals surface area (Å²) < 4.78 is 0. The topological polar surface area (TPSA) is 69.6 Å². The molecule has 0 radical (unpaired) electrons. The normalized spacial score (nSPS) is 17.0. The van der Waals surface area contributed by atoms with Crippen LogP contribution in [0.2, 0.25) is 0 Å². The van der Waals surface area contributed by atoms with Crippen LogP contribution in [0.1, 0.15) is 24.4 Å². The predicted octanol–water partition coefficient (Wildman–Crippen LogP) is 1.52. The van der Waals surface area contributed by atoms with Gasteiger partial charge in [-0.15, -0.1) is 0 Å². The van der Waals surface area contributed by atoms with Crippen molar-refractivity contribution in [3.63, 3.8) is 0 Å². The van der Waals surface area contributed by atoms with E-state index >= 15 is 0 Å². The summed E-state index contributed by atoms with van der Waals surface area (Å²) in [5.41, 5.74) is 0.427. The number of aromatic hydroxyl groups is 1. The molecule has 1 unspecified atom stereocenters. The largest absolute Gasteiger partial charge is 0.508 e. The molecule has 1 aliphatic carbocycles. The number of rotatable bonds is 5. The zero-order valence-corrected chi connectivity index (χ0v) is 8.89. The van der Waals surface area contributed by atoms with Crippen LogP contribution in [0.3, 0.4) is 0 Å². The van der Waals surface area contributed by atoms with E-state index in [2.05, 4.69) is 5.32 Å². The number of carbonyl (C=O) groups is 1. The summed E-state index contributed by atoms with van der Waals surface area (Å²) in [5.74, 6) is -0.326. The highest BCUT2D eigenvalue weighted by atomic mass is 16.4. The molecular weight excluding hydrogens is 206 g/mol. The molecule has 4 nitrogen and oxygen atoms in total. The Morgan fingerprint density at radius 2 is 2.12 bits per heavy atom. The number of carboxylic acids is 1. The zero-order valence-electron chi connectivity index (χ0n) is 8.89. The molecule has 1 aliphatic rings. The molecular formula is C12H15NO3. The molecule has 1 atom stereocenters. The van der Waals surface area contributed by atoms with Crippen molar-refractivity contribution >= 4 is 5.97 Å². The van der Waals surface area contributed by atoms with Crippen LogP contribution in [0.5, 0.6) is 5.75 Å². The Labute approximate surface area is 93.9 Å². The van der Waals surface area contributed by atoms with Crippen LogP contribution in [0.4, 0.5) is 0 Å². The van der Waals surface area contributed by atoms with Gasteiger partial charge in [-0.05, 0) is 31.4 Å². The van der Waals surface area contributed by atoms with Crippen molar-refractivity contribution in [2.45, 2.75) is 18.9 Å². The second kappa shape index (κ2) is 4.53. The fourth-order valence-corrected chi connectivity index (χ4v) is 1.67. The van der Waals surface area contributed by atoms with E-state index in [1.165, 1.54) is 18.9 Å². The Balaban J connectivity index is 2.11. The second-order valence-electron chi connectivity index (χ2n) is 4.18. The lowest BCUT2D eigenvalue weighted by Crippen LogP contribution is -2.30. The molecule has 0 aromatic heterocycles. The van der Waals surface area contributed by atoms with E-state index in [1.807, 2.05) is 0 Å². The monoisotopic (exact) mass is 221 g/mol. The van der Waals surface area contributed by atoms with Crippen molar-refractivity contribution in [2.75, 3.05) is 6.54 Å². The number of benzene rings is 1. The maximum Gasteiger partial charge on any atom is 0.325 e. The van der Waals surface area contributed by atoms with Crippen molar-refractivity contribution in [1.82, 2.24) is 5.32 Å². The SMILES string of the molecule is O=C(O)C(NCC1CC1)c1ccccc1O. The maximum absolute atomic E-state index is 11.1. The molecule has 1 fully saturated rings. The minimum atomic E-state index is -0.956. The van der Waals surface area contributed by atoms with Gasteiger partial charge in [0.05, 0.1) is 0 Å². The second-order valence-corrected chi connectivity index (χ2v) is 4.18. The third kappa shape index (κ3) is 2.52. The van der Waals surface area contributed by atoms with Crippen molar-refractivity contribution < 1.29 is 15.0 Å². The van der Waals surface area contributed by atoms with Gasteiger partial charge in [0, 0.05) is 5.56 Å². The van der Waals surface area contributed by atoms with E-state index in [0.717, 1.165) is 0 Å². The highest BCUT2D eigenvalue weighted by molar-refractivity contribution is 5.76. The number of hydrogen-bond donors (Lipinski definition) is 3. The van der Waals surface area contributed by atoms with Crippen LogP contribution >= 0.6 is 0 Å². The van der Waals surface area contributed by atoms with Gasteiger partial charge in [0.1, 0.15) is 11.8 Å². The fraction of sp³-hybridized carbons (Fsp3) is 0.417. The Kier molecular flexibility index (Phi) is 3.10. The molecule has 1 aromatic rings. The van der Waals surface area contributed by atoms with Crippen molar-refractivity contribution in [1.29, 1.82) is 0 Å². The maximum atomic E-state index is 11.1. The lowest BCUT2D eigenvalue weighted by molar-refractivity contribution is -0.139. The van der Waals surface area contributed by atoms with Gasteiger partial charge in [0.25, 0.3) is 0 Å². The van der Waals surface area contributed by atoms with E-state index in [-0.39, 0.29) is 5.75 Å². The Morgan fingerprint density at radius 3 is 2.69 bits per heavy atom. The van der Waals surface area contributed by atoms with Crippen LogP contribution < -0.4 is 5.32 Å². The lowest BCUT2D eigenvalue weighted by Gasteiger charge is -2.15. The van der Waals surface area contributed by atoms with Crippen molar-refractivity contribution in [3.05, 3.63) is 29.8 Å². The van der Waals surface area contributed by atoms with Gasteiger partial charge in [0.2, 0.25) is 0 Å². The first-order valence-electron chi connectivity index (χ1n) is 5.42. The first-order chi connectivity index (χ1) is 7.68. The number of hydrogen-bond acceptors (Lipinski definition) is 3. The molecule has 2 rings (SSSR count). The molecule has 86 valence electrons. The molecule has 4 heteroatoms. The van der Waals surface area contributed by atoms with E-state index in [0.29, 0.717) is 18.0 Å². The van der Waals surface area contributed by atoms with Gasteiger partial charge in [0.15, 0.2) is 0 Å². The molecule has 1 saturated carbocycles. The predicted molar refractivity (Wildman–Crippen MR) is 59.2 cm³/mol. The summed E-state index contributed by atoms with van der Waals surface area (Å²) in [5, 5.41) is 21.7. The lowest BCUT2D eigenvalue weighted by atomic mass is 10.1. The Morgan fingerprint density at radius 1 is 1.44 bits per heavy atom. The van der Waals surface area contributed by atoms with Crippen molar-refractivity contribution in [2.24, 2.45) is 5.92 Å². The molecule has 0 amide bonds. The number of para-hydroxylation sites is 1. The van der Waals surface area contributed by atoms with E-state index < -0.39 is 12.0 Å².